The average molecular weight is 500 g/mol. The number of aromatic amines is 1. The lowest BCUT2D eigenvalue weighted by atomic mass is 9.72. The number of alkyl halides is 3. The first-order valence-electron chi connectivity index (χ1n) is 12.0. The third-order valence-electron chi connectivity index (χ3n) is 7.01. The van der Waals surface area contributed by atoms with Crippen LogP contribution >= 0.6 is 0 Å². The summed E-state index contributed by atoms with van der Waals surface area (Å²) in [7, 11) is 1.92. The Hall–Kier alpha value is -3.31. The van der Waals surface area contributed by atoms with Crippen LogP contribution in [-0.4, -0.2) is 48.2 Å². The van der Waals surface area contributed by atoms with Crippen molar-refractivity contribution < 1.29 is 18.3 Å². The van der Waals surface area contributed by atoms with Crippen molar-refractivity contribution in [1.29, 1.82) is 0 Å². The lowest BCUT2D eigenvalue weighted by Crippen LogP contribution is -2.24. The van der Waals surface area contributed by atoms with E-state index in [1.165, 1.54) is 6.42 Å². The van der Waals surface area contributed by atoms with Gasteiger partial charge in [-0.2, -0.15) is 18.3 Å². The molecule has 2 atom stereocenters. The van der Waals surface area contributed by atoms with Crippen molar-refractivity contribution in [3.05, 3.63) is 59.4 Å². The number of aryl methyl sites for hydroxylation is 1. The summed E-state index contributed by atoms with van der Waals surface area (Å²) in [5.41, 5.74) is 1.84. The molecule has 1 aliphatic rings. The van der Waals surface area contributed by atoms with Gasteiger partial charge in [0.05, 0.1) is 17.8 Å². The van der Waals surface area contributed by atoms with Crippen molar-refractivity contribution in [2.45, 2.75) is 44.3 Å². The average Bonchev–Trinajstić information content (AvgIpc) is 3.44. The van der Waals surface area contributed by atoms with Crippen LogP contribution in [0.5, 0.6) is 0 Å². The second kappa shape index (κ2) is 9.62. The first-order chi connectivity index (χ1) is 17.3. The molecule has 1 aromatic carbocycles. The Labute approximate surface area is 206 Å². The molecule has 0 bridgehead atoms. The van der Waals surface area contributed by atoms with Gasteiger partial charge in [0.1, 0.15) is 23.5 Å². The first-order valence-corrected chi connectivity index (χ1v) is 12.0. The summed E-state index contributed by atoms with van der Waals surface area (Å²) < 4.78 is 43.3. The normalized spacial score (nSPS) is 16.3. The molecular weight excluding hydrogens is 471 g/mol. The van der Waals surface area contributed by atoms with Crippen LogP contribution in [-0.2, 0) is 13.2 Å². The summed E-state index contributed by atoms with van der Waals surface area (Å²) in [6, 6.07) is 8.31. The van der Waals surface area contributed by atoms with Crippen LogP contribution in [0.1, 0.15) is 60.9 Å². The zero-order valence-electron chi connectivity index (χ0n) is 20.0. The van der Waals surface area contributed by atoms with Crippen LogP contribution in [0.15, 0.2) is 36.7 Å². The Bertz CT molecular complexity index is 1360. The topological polar surface area (TPSA) is 105 Å². The first kappa shape index (κ1) is 24.4. The molecule has 1 aliphatic carbocycles. The molecule has 3 aromatic heterocycles. The maximum Gasteiger partial charge on any atom is 0.433 e. The second-order valence-electron chi connectivity index (χ2n) is 9.38. The fourth-order valence-corrected chi connectivity index (χ4v) is 4.96. The minimum Gasteiger partial charge on any atom is -0.395 e. The molecule has 1 saturated carbocycles. The van der Waals surface area contributed by atoms with Crippen molar-refractivity contribution >= 4 is 10.9 Å². The van der Waals surface area contributed by atoms with Gasteiger partial charge < -0.3 is 15.0 Å². The number of aliphatic hydroxyl groups is 1. The van der Waals surface area contributed by atoms with Gasteiger partial charge in [-0.3, -0.25) is 5.10 Å². The molecule has 0 spiro atoms. The number of aromatic nitrogens is 6. The standard InChI is InChI=1S/C25H28F3N7O/c1-14(29-9-10-36)21-23-18(12-19(31-21)25(26,27)28)22(32-33-23)17-8-4-7-16(11-17)20(15-5-3-6-15)24-34-30-13-35(24)2/h4,7-8,11-15,20,29,36H,3,5-6,9-10H2,1-2H3,(H,32,33)/t14-,20-/m1/s1. The monoisotopic (exact) mass is 499 g/mol. The van der Waals surface area contributed by atoms with E-state index >= 15 is 0 Å². The number of nitrogens with one attached hydrogen (secondary N) is 2. The number of fused-ring (bicyclic) bond motifs is 1. The van der Waals surface area contributed by atoms with Gasteiger partial charge in [-0.15, -0.1) is 10.2 Å². The van der Waals surface area contributed by atoms with Crippen LogP contribution < -0.4 is 5.32 Å². The van der Waals surface area contributed by atoms with Gasteiger partial charge in [0.25, 0.3) is 0 Å². The van der Waals surface area contributed by atoms with Crippen LogP contribution in [0, 0.1) is 5.92 Å². The van der Waals surface area contributed by atoms with Crippen LogP contribution in [0.25, 0.3) is 22.2 Å². The SMILES string of the molecule is C[C@@H](NCCO)c1nc(C(F)(F)F)cc2c(-c3cccc([C@H](c4nncn4C)C4CCC4)c3)n[nH]c12. The third kappa shape index (κ3) is 4.48. The molecule has 0 amide bonds. The lowest BCUT2D eigenvalue weighted by molar-refractivity contribution is -0.141. The number of benzene rings is 1. The van der Waals surface area contributed by atoms with Gasteiger partial charge in [0, 0.05) is 36.5 Å². The van der Waals surface area contributed by atoms with Gasteiger partial charge >= 0.3 is 6.18 Å². The Morgan fingerprint density at radius 1 is 1.25 bits per heavy atom. The van der Waals surface area contributed by atoms with Crippen LogP contribution in [0.3, 0.4) is 0 Å². The number of nitrogens with zero attached hydrogens (tertiary/aromatic N) is 5. The number of hydrogen-bond donors (Lipinski definition) is 3. The Balaban J connectivity index is 1.62. The van der Waals surface area contributed by atoms with E-state index in [1.54, 1.807) is 13.3 Å². The van der Waals surface area contributed by atoms with Crippen molar-refractivity contribution in [2.24, 2.45) is 13.0 Å². The molecule has 4 aromatic rings. The van der Waals surface area contributed by atoms with Gasteiger partial charge in [0.15, 0.2) is 0 Å². The van der Waals surface area contributed by atoms with Crippen molar-refractivity contribution in [3.63, 3.8) is 0 Å². The van der Waals surface area contributed by atoms with E-state index < -0.39 is 17.9 Å². The quantitative estimate of drug-likeness (QED) is 0.333. The predicted molar refractivity (Wildman–Crippen MR) is 128 cm³/mol. The van der Waals surface area contributed by atoms with E-state index in [2.05, 4.69) is 30.7 Å². The highest BCUT2D eigenvalue weighted by Crippen LogP contribution is 2.43. The highest BCUT2D eigenvalue weighted by atomic mass is 19.4. The van der Waals surface area contributed by atoms with Crippen molar-refractivity contribution in [3.8, 4) is 11.3 Å². The molecule has 0 unspecified atom stereocenters. The zero-order valence-corrected chi connectivity index (χ0v) is 20.0. The smallest absolute Gasteiger partial charge is 0.395 e. The van der Waals surface area contributed by atoms with E-state index in [9.17, 15) is 13.2 Å². The van der Waals surface area contributed by atoms with Crippen molar-refractivity contribution in [1.82, 2.24) is 35.3 Å². The molecule has 11 heteroatoms. The number of pyridine rings is 1. The summed E-state index contributed by atoms with van der Waals surface area (Å²) in [6.07, 6.45) is 0.425. The van der Waals surface area contributed by atoms with Gasteiger partial charge in [0.2, 0.25) is 0 Å². The van der Waals surface area contributed by atoms with Gasteiger partial charge in [-0.05, 0) is 43.4 Å². The van der Waals surface area contributed by atoms with Crippen molar-refractivity contribution in [2.75, 3.05) is 13.2 Å². The molecule has 0 radical (unpaired) electrons. The molecular formula is C25H28F3N7O. The molecule has 0 aliphatic heterocycles. The minimum atomic E-state index is -4.61. The molecule has 36 heavy (non-hydrogen) atoms. The number of hydrogen-bond acceptors (Lipinski definition) is 6. The number of aliphatic hydroxyl groups excluding tert-OH is 1. The zero-order chi connectivity index (χ0) is 25.4. The summed E-state index contributed by atoms with van der Waals surface area (Å²) in [4.78, 5) is 3.90. The highest BCUT2D eigenvalue weighted by molar-refractivity contribution is 5.94. The Morgan fingerprint density at radius 2 is 2.06 bits per heavy atom. The van der Waals surface area contributed by atoms with Gasteiger partial charge in [-0.1, -0.05) is 24.6 Å². The Morgan fingerprint density at radius 3 is 2.69 bits per heavy atom. The number of halogens is 3. The Kier molecular flexibility index (Phi) is 6.52. The summed E-state index contributed by atoms with van der Waals surface area (Å²) in [5, 5.41) is 28.3. The van der Waals surface area contributed by atoms with Crippen LogP contribution in [0.4, 0.5) is 13.2 Å². The summed E-state index contributed by atoms with van der Waals surface area (Å²) in [5.74, 6) is 1.35. The number of H-pyrrole nitrogens is 1. The second-order valence-corrected chi connectivity index (χ2v) is 9.38. The molecule has 1 fully saturated rings. The maximum absolute atomic E-state index is 13.8. The van der Waals surface area contributed by atoms with E-state index in [-0.39, 0.29) is 24.8 Å². The fourth-order valence-electron chi connectivity index (χ4n) is 4.96. The summed E-state index contributed by atoms with van der Waals surface area (Å²) >= 11 is 0. The molecule has 3 N–H and O–H groups in total. The van der Waals surface area contributed by atoms with Gasteiger partial charge in [-0.25, -0.2) is 4.98 Å². The highest BCUT2D eigenvalue weighted by Gasteiger charge is 2.35. The summed E-state index contributed by atoms with van der Waals surface area (Å²) in [6.45, 7) is 1.80. The van der Waals surface area contributed by atoms with E-state index in [4.69, 9.17) is 5.11 Å². The third-order valence-corrected chi connectivity index (χ3v) is 7.01. The minimum absolute atomic E-state index is 0.0436. The molecule has 0 saturated heterocycles. The van der Waals surface area contributed by atoms with E-state index in [0.717, 1.165) is 30.3 Å². The maximum atomic E-state index is 13.8. The predicted octanol–water partition coefficient (Wildman–Crippen LogP) is 4.35. The van der Waals surface area contributed by atoms with E-state index in [1.807, 2.05) is 35.9 Å². The fraction of sp³-hybridized carbons (Fsp3) is 0.440. The number of rotatable bonds is 8. The molecule has 5 rings (SSSR count). The van der Waals surface area contributed by atoms with E-state index in [0.29, 0.717) is 28.1 Å². The molecule has 190 valence electrons. The largest absolute Gasteiger partial charge is 0.433 e. The molecule has 3 heterocycles. The lowest BCUT2D eigenvalue weighted by Gasteiger charge is -2.33. The molecule has 8 nitrogen and oxygen atoms in total. The van der Waals surface area contributed by atoms with Crippen LogP contribution in [0.2, 0.25) is 0 Å².